The van der Waals surface area contributed by atoms with Gasteiger partial charge in [-0.3, -0.25) is 14.2 Å². The van der Waals surface area contributed by atoms with Crippen LogP contribution in [0.15, 0.2) is 40.2 Å². The van der Waals surface area contributed by atoms with Gasteiger partial charge >= 0.3 is 5.69 Å². The number of imidazole rings is 1. The first kappa shape index (κ1) is 22.3. The van der Waals surface area contributed by atoms with Gasteiger partial charge in [0.2, 0.25) is 5.91 Å². The largest absolute Gasteiger partial charge is 0.497 e. The number of fused-ring (bicyclic) bond motifs is 1. The summed E-state index contributed by atoms with van der Waals surface area (Å²) in [4.78, 5) is 43.3. The Bertz CT molecular complexity index is 1170. The van der Waals surface area contributed by atoms with Crippen molar-refractivity contribution in [1.82, 2.24) is 18.7 Å². The van der Waals surface area contributed by atoms with Crippen molar-refractivity contribution in [3.63, 3.8) is 0 Å². The Hall–Kier alpha value is -3.36. The number of ether oxygens (including phenoxy) is 1. The number of amides is 1. The Morgan fingerprint density at radius 2 is 1.87 bits per heavy atom. The quantitative estimate of drug-likeness (QED) is 0.565. The molecule has 31 heavy (non-hydrogen) atoms. The molecular weight excluding hydrogens is 398 g/mol. The first-order valence-electron chi connectivity index (χ1n) is 10.5. The first-order valence-corrected chi connectivity index (χ1v) is 10.5. The van der Waals surface area contributed by atoms with Gasteiger partial charge in [0.25, 0.3) is 5.56 Å². The molecule has 1 aromatic carbocycles. The van der Waals surface area contributed by atoms with E-state index in [1.165, 1.54) is 4.57 Å². The lowest BCUT2D eigenvalue weighted by Crippen LogP contribution is -2.43. The van der Waals surface area contributed by atoms with Gasteiger partial charge in [0.15, 0.2) is 11.2 Å². The maximum Gasteiger partial charge on any atom is 0.333 e. The molecule has 0 fully saturated rings. The zero-order valence-corrected chi connectivity index (χ0v) is 18.4. The van der Waals surface area contributed by atoms with Crippen LogP contribution in [0.3, 0.4) is 0 Å². The maximum absolute atomic E-state index is 13.2. The number of carbonyl (C=O) groups is 1. The molecule has 166 valence electrons. The third kappa shape index (κ3) is 4.87. The second-order valence-corrected chi connectivity index (χ2v) is 7.92. The number of carbonyl (C=O) groups excluding carboxylic acids is 1. The lowest BCUT2D eigenvalue weighted by Gasteiger charge is -2.14. The van der Waals surface area contributed by atoms with E-state index in [0.717, 1.165) is 17.4 Å². The van der Waals surface area contributed by atoms with E-state index in [1.54, 1.807) is 42.3 Å². The molecular formula is C22H29N5O4. The number of hydrogen-bond donors (Lipinski definition) is 1. The highest BCUT2D eigenvalue weighted by molar-refractivity contribution is 5.90. The molecule has 2 heterocycles. The fourth-order valence-corrected chi connectivity index (χ4v) is 3.42. The lowest BCUT2D eigenvalue weighted by atomic mass is 10.2. The van der Waals surface area contributed by atoms with Gasteiger partial charge in [0.1, 0.15) is 12.3 Å². The normalized spacial score (nSPS) is 11.3. The Morgan fingerprint density at radius 3 is 2.48 bits per heavy atom. The number of anilines is 1. The minimum atomic E-state index is -0.531. The van der Waals surface area contributed by atoms with E-state index in [1.807, 2.05) is 13.8 Å². The van der Waals surface area contributed by atoms with E-state index in [-0.39, 0.29) is 12.5 Å². The SMILES string of the molecule is CCCCn1cnc2c1c(=O)n(CC(=O)Nc1ccc(OC)cc1)c(=O)n2CC(C)C. The number of unbranched alkanes of at least 4 members (excludes halogenated alkanes) is 1. The van der Waals surface area contributed by atoms with Crippen molar-refractivity contribution in [2.75, 3.05) is 12.4 Å². The Labute approximate surface area is 180 Å². The maximum atomic E-state index is 13.2. The molecule has 0 aliphatic carbocycles. The van der Waals surface area contributed by atoms with Crippen molar-refractivity contribution in [2.45, 2.75) is 53.2 Å². The van der Waals surface area contributed by atoms with Gasteiger partial charge in [-0.25, -0.2) is 14.3 Å². The van der Waals surface area contributed by atoms with Gasteiger partial charge in [0.05, 0.1) is 13.4 Å². The van der Waals surface area contributed by atoms with Crippen LogP contribution in [0, 0.1) is 5.92 Å². The zero-order chi connectivity index (χ0) is 22.5. The van der Waals surface area contributed by atoms with E-state index in [0.29, 0.717) is 35.7 Å². The summed E-state index contributed by atoms with van der Waals surface area (Å²) < 4.78 is 9.37. The molecule has 2 aromatic heterocycles. The Morgan fingerprint density at radius 1 is 1.16 bits per heavy atom. The summed E-state index contributed by atoms with van der Waals surface area (Å²) >= 11 is 0. The molecule has 0 aliphatic heterocycles. The molecule has 9 heteroatoms. The van der Waals surface area contributed by atoms with Gasteiger partial charge < -0.3 is 14.6 Å². The van der Waals surface area contributed by atoms with Gasteiger partial charge in [-0.2, -0.15) is 0 Å². The zero-order valence-electron chi connectivity index (χ0n) is 18.4. The summed E-state index contributed by atoms with van der Waals surface area (Å²) in [5, 5.41) is 2.72. The number of hydrogen-bond acceptors (Lipinski definition) is 5. The number of methoxy groups -OCH3 is 1. The number of rotatable bonds is 9. The summed E-state index contributed by atoms with van der Waals surface area (Å²) in [6.45, 7) is 6.68. The molecule has 3 aromatic rings. The molecule has 0 bridgehead atoms. The fraction of sp³-hybridized carbons (Fsp3) is 0.455. The van der Waals surface area contributed by atoms with E-state index in [4.69, 9.17) is 4.74 Å². The second kappa shape index (κ2) is 9.63. The topological polar surface area (TPSA) is 100 Å². The van der Waals surface area contributed by atoms with Crippen LogP contribution in [0.1, 0.15) is 33.6 Å². The van der Waals surface area contributed by atoms with Crippen molar-refractivity contribution >= 4 is 22.8 Å². The molecule has 3 rings (SSSR count). The lowest BCUT2D eigenvalue weighted by molar-refractivity contribution is -0.116. The molecule has 0 aliphatic rings. The summed E-state index contributed by atoms with van der Waals surface area (Å²) in [6, 6.07) is 6.82. The van der Waals surface area contributed by atoms with Gasteiger partial charge in [-0.05, 0) is 36.6 Å². The minimum Gasteiger partial charge on any atom is -0.497 e. The third-order valence-corrected chi connectivity index (χ3v) is 4.96. The van der Waals surface area contributed by atoms with Crippen molar-refractivity contribution in [3.05, 3.63) is 51.4 Å². The monoisotopic (exact) mass is 427 g/mol. The number of nitrogens with zero attached hydrogens (tertiary/aromatic N) is 4. The van der Waals surface area contributed by atoms with Crippen molar-refractivity contribution in [2.24, 2.45) is 5.92 Å². The highest BCUT2D eigenvalue weighted by Crippen LogP contribution is 2.15. The highest BCUT2D eigenvalue weighted by Gasteiger charge is 2.20. The van der Waals surface area contributed by atoms with Crippen LogP contribution in [-0.4, -0.2) is 31.7 Å². The van der Waals surface area contributed by atoms with Crippen molar-refractivity contribution < 1.29 is 9.53 Å². The van der Waals surface area contributed by atoms with Crippen molar-refractivity contribution in [1.29, 1.82) is 0 Å². The molecule has 0 saturated carbocycles. The van der Waals surface area contributed by atoms with Crippen LogP contribution in [0.2, 0.25) is 0 Å². The Balaban J connectivity index is 2.00. The van der Waals surface area contributed by atoms with Crippen LogP contribution in [-0.2, 0) is 24.4 Å². The average molecular weight is 428 g/mol. The molecule has 0 unspecified atom stereocenters. The fourth-order valence-electron chi connectivity index (χ4n) is 3.42. The summed E-state index contributed by atoms with van der Waals surface area (Å²) in [7, 11) is 1.56. The molecule has 0 radical (unpaired) electrons. The van der Waals surface area contributed by atoms with Crippen LogP contribution in [0.4, 0.5) is 5.69 Å². The van der Waals surface area contributed by atoms with Gasteiger partial charge in [0, 0.05) is 18.8 Å². The van der Waals surface area contributed by atoms with Crippen LogP contribution >= 0.6 is 0 Å². The third-order valence-electron chi connectivity index (χ3n) is 4.96. The van der Waals surface area contributed by atoms with Gasteiger partial charge in [-0.1, -0.05) is 27.2 Å². The molecule has 9 nitrogen and oxygen atoms in total. The highest BCUT2D eigenvalue weighted by atomic mass is 16.5. The molecule has 0 spiro atoms. The van der Waals surface area contributed by atoms with E-state index < -0.39 is 17.2 Å². The number of aromatic nitrogens is 4. The van der Waals surface area contributed by atoms with Gasteiger partial charge in [-0.15, -0.1) is 0 Å². The predicted octanol–water partition coefficient (Wildman–Crippen LogP) is 2.46. The number of aryl methyl sites for hydroxylation is 1. The molecule has 1 N–H and O–H groups in total. The first-order chi connectivity index (χ1) is 14.8. The van der Waals surface area contributed by atoms with E-state index in [9.17, 15) is 14.4 Å². The number of benzene rings is 1. The standard InChI is InChI=1S/C22H29N5O4/c1-5-6-11-25-14-23-20-19(25)21(29)27(22(30)26(20)12-15(2)3)13-18(28)24-16-7-9-17(31-4)10-8-16/h7-10,14-15H,5-6,11-13H2,1-4H3,(H,24,28). The van der Waals surface area contributed by atoms with Crippen LogP contribution < -0.4 is 21.3 Å². The number of nitrogens with one attached hydrogen (secondary N) is 1. The summed E-state index contributed by atoms with van der Waals surface area (Å²) in [5.41, 5.74) is 0.239. The van der Waals surface area contributed by atoms with Crippen LogP contribution in [0.25, 0.3) is 11.2 Å². The van der Waals surface area contributed by atoms with Crippen molar-refractivity contribution in [3.8, 4) is 5.75 Å². The Kier molecular flexibility index (Phi) is 6.94. The molecule has 1 amide bonds. The average Bonchev–Trinajstić information content (AvgIpc) is 3.17. The predicted molar refractivity (Wildman–Crippen MR) is 120 cm³/mol. The smallest absolute Gasteiger partial charge is 0.333 e. The second-order valence-electron chi connectivity index (χ2n) is 7.92. The van der Waals surface area contributed by atoms with Crippen LogP contribution in [0.5, 0.6) is 5.75 Å². The molecule has 0 atom stereocenters. The van der Waals surface area contributed by atoms with E-state index >= 15 is 0 Å². The summed E-state index contributed by atoms with van der Waals surface area (Å²) in [6.07, 6.45) is 3.44. The minimum absolute atomic E-state index is 0.167. The molecule has 0 saturated heterocycles. The summed E-state index contributed by atoms with van der Waals surface area (Å²) in [5.74, 6) is 0.372. The van der Waals surface area contributed by atoms with E-state index in [2.05, 4.69) is 17.2 Å².